The quantitative estimate of drug-likeness (QED) is 0.865. The van der Waals surface area contributed by atoms with Crippen LogP contribution in [-0.2, 0) is 10.0 Å². The maximum Gasteiger partial charge on any atom is 0.252 e. The van der Waals surface area contributed by atoms with E-state index in [0.29, 0.717) is 22.9 Å². The van der Waals surface area contributed by atoms with Crippen molar-refractivity contribution in [2.75, 3.05) is 6.54 Å². The fraction of sp³-hybridized carbons (Fsp3) is 0.417. The molecule has 2 rings (SSSR count). The molecule has 1 fully saturated rings. The van der Waals surface area contributed by atoms with E-state index in [-0.39, 0.29) is 16.4 Å². The third-order valence-electron chi connectivity index (χ3n) is 3.31. The van der Waals surface area contributed by atoms with Crippen molar-refractivity contribution in [3.8, 4) is 0 Å². The molecule has 0 radical (unpaired) electrons. The highest BCUT2D eigenvalue weighted by Crippen LogP contribution is 2.36. The van der Waals surface area contributed by atoms with Gasteiger partial charge < -0.3 is 5.32 Å². The van der Waals surface area contributed by atoms with Crippen molar-refractivity contribution in [3.63, 3.8) is 0 Å². The van der Waals surface area contributed by atoms with E-state index in [1.54, 1.807) is 0 Å². The Morgan fingerprint density at radius 1 is 1.53 bits per heavy atom. The van der Waals surface area contributed by atoms with E-state index in [1.165, 1.54) is 18.2 Å². The van der Waals surface area contributed by atoms with E-state index >= 15 is 0 Å². The molecular formula is C12H15BrN2O3S. The summed E-state index contributed by atoms with van der Waals surface area (Å²) in [6.07, 6.45) is 1.12. The summed E-state index contributed by atoms with van der Waals surface area (Å²) in [6, 6.07) is 4.15. The fourth-order valence-electron chi connectivity index (χ4n) is 1.86. The Morgan fingerprint density at radius 2 is 2.16 bits per heavy atom. The molecule has 0 bridgehead atoms. The van der Waals surface area contributed by atoms with E-state index in [0.717, 1.165) is 6.42 Å². The molecule has 1 amide bonds. The number of hydrogen-bond donors (Lipinski definition) is 2. The van der Waals surface area contributed by atoms with E-state index in [9.17, 15) is 13.2 Å². The first-order valence-electron chi connectivity index (χ1n) is 5.89. The standard InChI is InChI=1S/C12H15BrN2O3S/c1-7-4-8(7)6-15-12(16)10-5-9(19(14,17)18)2-3-11(10)13/h2-3,5,7-8H,4,6H2,1H3,(H,15,16)(H2,14,17,18). The van der Waals surface area contributed by atoms with Crippen molar-refractivity contribution in [3.05, 3.63) is 28.2 Å². The average molecular weight is 347 g/mol. The van der Waals surface area contributed by atoms with Crippen LogP contribution in [0, 0.1) is 11.8 Å². The van der Waals surface area contributed by atoms with E-state index in [1.807, 2.05) is 0 Å². The van der Waals surface area contributed by atoms with Gasteiger partial charge in [0.25, 0.3) is 5.91 Å². The van der Waals surface area contributed by atoms with Crippen molar-refractivity contribution >= 4 is 31.9 Å². The second-order valence-corrected chi connectivity index (χ2v) is 7.29. The summed E-state index contributed by atoms with van der Waals surface area (Å²) in [5.74, 6) is 0.889. The largest absolute Gasteiger partial charge is 0.352 e. The van der Waals surface area contributed by atoms with Crippen LogP contribution < -0.4 is 10.5 Å². The number of sulfonamides is 1. The number of nitrogens with one attached hydrogen (secondary N) is 1. The predicted molar refractivity (Wildman–Crippen MR) is 75.1 cm³/mol. The van der Waals surface area contributed by atoms with E-state index in [4.69, 9.17) is 5.14 Å². The van der Waals surface area contributed by atoms with Crippen molar-refractivity contribution in [2.45, 2.75) is 18.2 Å². The summed E-state index contributed by atoms with van der Waals surface area (Å²) < 4.78 is 23.1. The van der Waals surface area contributed by atoms with Crippen LogP contribution in [0.15, 0.2) is 27.6 Å². The number of rotatable bonds is 4. The molecule has 1 aliphatic carbocycles. The third-order valence-corrected chi connectivity index (χ3v) is 4.91. The molecule has 0 aliphatic heterocycles. The van der Waals surface area contributed by atoms with Crippen molar-refractivity contribution in [2.24, 2.45) is 17.0 Å². The van der Waals surface area contributed by atoms with Crippen molar-refractivity contribution in [1.29, 1.82) is 0 Å². The number of carbonyl (C=O) groups is 1. The summed E-state index contributed by atoms with van der Waals surface area (Å²) >= 11 is 3.24. The monoisotopic (exact) mass is 346 g/mol. The van der Waals surface area contributed by atoms with Crippen LogP contribution in [0.25, 0.3) is 0 Å². The first kappa shape index (κ1) is 14.5. The molecular weight excluding hydrogens is 332 g/mol. The second-order valence-electron chi connectivity index (χ2n) is 4.87. The van der Waals surface area contributed by atoms with Gasteiger partial charge in [0.2, 0.25) is 10.0 Å². The van der Waals surface area contributed by atoms with Crippen molar-refractivity contribution < 1.29 is 13.2 Å². The van der Waals surface area contributed by atoms with Gasteiger partial charge in [0.1, 0.15) is 0 Å². The molecule has 3 N–H and O–H groups in total. The lowest BCUT2D eigenvalue weighted by molar-refractivity contribution is 0.0950. The Morgan fingerprint density at radius 3 is 2.68 bits per heavy atom. The number of halogens is 1. The fourth-order valence-corrected chi connectivity index (χ4v) is 2.82. The van der Waals surface area contributed by atoms with Gasteiger partial charge in [0.05, 0.1) is 10.5 Å². The van der Waals surface area contributed by atoms with Gasteiger partial charge in [-0.2, -0.15) is 0 Å². The lowest BCUT2D eigenvalue weighted by Gasteiger charge is -2.08. The Labute approximate surface area is 120 Å². The Balaban J connectivity index is 2.16. The molecule has 0 heterocycles. The smallest absolute Gasteiger partial charge is 0.252 e. The molecule has 0 saturated heterocycles. The summed E-state index contributed by atoms with van der Waals surface area (Å²) in [5, 5.41) is 7.86. The Hall–Kier alpha value is -0.920. The average Bonchev–Trinajstić information content (AvgIpc) is 3.01. The van der Waals surface area contributed by atoms with Crippen LogP contribution in [0.2, 0.25) is 0 Å². The van der Waals surface area contributed by atoms with Gasteiger partial charge in [-0.25, -0.2) is 13.6 Å². The molecule has 0 spiro atoms. The zero-order valence-corrected chi connectivity index (χ0v) is 12.8. The van der Waals surface area contributed by atoms with Crippen LogP contribution >= 0.6 is 15.9 Å². The maximum absolute atomic E-state index is 12.0. The van der Waals surface area contributed by atoms with Gasteiger partial charge in [0, 0.05) is 11.0 Å². The molecule has 1 aromatic carbocycles. The first-order valence-corrected chi connectivity index (χ1v) is 8.23. The third kappa shape index (κ3) is 3.55. The molecule has 2 unspecified atom stereocenters. The van der Waals surface area contributed by atoms with Gasteiger partial charge in [-0.15, -0.1) is 0 Å². The molecule has 2 atom stereocenters. The number of carbonyl (C=O) groups excluding carboxylic acids is 1. The minimum atomic E-state index is -3.80. The topological polar surface area (TPSA) is 89.3 Å². The maximum atomic E-state index is 12.0. The number of nitrogens with two attached hydrogens (primary N) is 1. The summed E-state index contributed by atoms with van der Waals surface area (Å²) in [5.41, 5.74) is 0.278. The van der Waals surface area contributed by atoms with Gasteiger partial charge in [0.15, 0.2) is 0 Å². The van der Waals surface area contributed by atoms with E-state index in [2.05, 4.69) is 28.2 Å². The molecule has 104 valence electrons. The SMILES string of the molecule is CC1CC1CNC(=O)c1cc(S(N)(=O)=O)ccc1Br. The Bertz CT molecular complexity index is 615. The molecule has 19 heavy (non-hydrogen) atoms. The van der Waals surface area contributed by atoms with Crippen LogP contribution in [0.1, 0.15) is 23.7 Å². The zero-order chi connectivity index (χ0) is 14.2. The van der Waals surface area contributed by atoms with Gasteiger partial charge in [-0.3, -0.25) is 4.79 Å². The molecule has 1 aliphatic rings. The van der Waals surface area contributed by atoms with Crippen LogP contribution in [0.4, 0.5) is 0 Å². The summed E-state index contributed by atoms with van der Waals surface area (Å²) in [6.45, 7) is 2.75. The number of primary sulfonamides is 1. The highest BCUT2D eigenvalue weighted by molar-refractivity contribution is 9.10. The van der Waals surface area contributed by atoms with Crippen LogP contribution in [0.3, 0.4) is 0 Å². The number of benzene rings is 1. The van der Waals surface area contributed by atoms with Gasteiger partial charge in [-0.1, -0.05) is 6.92 Å². The highest BCUT2D eigenvalue weighted by atomic mass is 79.9. The second kappa shape index (κ2) is 5.22. The zero-order valence-electron chi connectivity index (χ0n) is 10.4. The van der Waals surface area contributed by atoms with E-state index < -0.39 is 10.0 Å². The summed E-state index contributed by atoms with van der Waals surface area (Å²) in [7, 11) is -3.80. The Kier molecular flexibility index (Phi) is 3.98. The van der Waals surface area contributed by atoms with Crippen LogP contribution in [0.5, 0.6) is 0 Å². The van der Waals surface area contributed by atoms with Gasteiger partial charge >= 0.3 is 0 Å². The van der Waals surface area contributed by atoms with Gasteiger partial charge in [-0.05, 0) is 52.4 Å². The normalized spacial score (nSPS) is 22.1. The highest BCUT2D eigenvalue weighted by Gasteiger charge is 2.32. The molecule has 0 aromatic heterocycles. The molecule has 1 saturated carbocycles. The summed E-state index contributed by atoms with van der Waals surface area (Å²) in [4.78, 5) is 11.9. The number of hydrogen-bond acceptors (Lipinski definition) is 3. The van der Waals surface area contributed by atoms with Crippen LogP contribution in [-0.4, -0.2) is 20.9 Å². The molecule has 5 nitrogen and oxygen atoms in total. The first-order chi connectivity index (χ1) is 8.79. The van der Waals surface area contributed by atoms with Crippen molar-refractivity contribution in [1.82, 2.24) is 5.32 Å². The molecule has 7 heteroatoms. The lowest BCUT2D eigenvalue weighted by atomic mass is 10.2. The lowest BCUT2D eigenvalue weighted by Crippen LogP contribution is -2.26. The number of amides is 1. The molecule has 1 aromatic rings. The minimum Gasteiger partial charge on any atom is -0.352 e. The predicted octanol–water partition coefficient (Wildman–Crippen LogP) is 1.48. The minimum absolute atomic E-state index is 0.0689.